The van der Waals surface area contributed by atoms with Crippen molar-refractivity contribution in [2.24, 2.45) is 4.99 Å². The van der Waals surface area contributed by atoms with Crippen LogP contribution in [0, 0.1) is 0 Å². The van der Waals surface area contributed by atoms with Crippen molar-refractivity contribution in [2.45, 2.75) is 20.0 Å². The van der Waals surface area contributed by atoms with Crippen molar-refractivity contribution in [1.82, 2.24) is 16.0 Å². The predicted octanol–water partition coefficient (Wildman–Crippen LogP) is 2.93. The molecule has 0 spiro atoms. The fourth-order valence-corrected chi connectivity index (χ4v) is 2.47. The molecule has 0 aliphatic carbocycles. The zero-order valence-corrected chi connectivity index (χ0v) is 18.2. The molecule has 0 unspecified atom stereocenters. The predicted molar refractivity (Wildman–Crippen MR) is 120 cm³/mol. The number of ether oxygens (including phenoxy) is 1. The number of hydrogen-bond acceptors (Lipinski definition) is 3. The summed E-state index contributed by atoms with van der Waals surface area (Å²) in [5.41, 5.74) is 2.79. The second kappa shape index (κ2) is 12.2. The van der Waals surface area contributed by atoms with E-state index >= 15 is 0 Å². The first-order chi connectivity index (χ1) is 12.7. The van der Waals surface area contributed by atoms with Crippen LogP contribution in [-0.2, 0) is 13.1 Å². The van der Waals surface area contributed by atoms with E-state index in [4.69, 9.17) is 4.74 Å². The van der Waals surface area contributed by atoms with Gasteiger partial charge in [0, 0.05) is 37.8 Å². The van der Waals surface area contributed by atoms with Gasteiger partial charge in [0.05, 0.1) is 7.11 Å². The molecule has 27 heavy (non-hydrogen) atoms. The minimum Gasteiger partial charge on any atom is -0.496 e. The van der Waals surface area contributed by atoms with Crippen LogP contribution in [0.2, 0.25) is 0 Å². The van der Waals surface area contributed by atoms with Gasteiger partial charge in [-0.15, -0.1) is 24.0 Å². The number of rotatable bonds is 7. The Morgan fingerprint density at radius 2 is 1.67 bits per heavy atom. The van der Waals surface area contributed by atoms with E-state index in [0.717, 1.165) is 16.9 Å². The minimum atomic E-state index is -0.0544. The van der Waals surface area contributed by atoms with E-state index in [2.05, 4.69) is 20.9 Å². The van der Waals surface area contributed by atoms with Crippen LogP contribution in [-0.4, -0.2) is 32.6 Å². The number of nitrogens with zero attached hydrogens (tertiary/aromatic N) is 1. The summed E-state index contributed by atoms with van der Waals surface area (Å²) < 4.78 is 5.36. The average Bonchev–Trinajstić information content (AvgIpc) is 2.69. The van der Waals surface area contributed by atoms with E-state index in [1.807, 2.05) is 55.5 Å². The van der Waals surface area contributed by atoms with Gasteiger partial charge in [-0.1, -0.05) is 30.3 Å². The highest BCUT2D eigenvalue weighted by Crippen LogP contribution is 2.16. The van der Waals surface area contributed by atoms with Gasteiger partial charge in [0.25, 0.3) is 5.91 Å². The molecule has 0 atom stereocenters. The van der Waals surface area contributed by atoms with E-state index < -0.39 is 0 Å². The van der Waals surface area contributed by atoms with Crippen LogP contribution in [0.5, 0.6) is 5.75 Å². The van der Waals surface area contributed by atoms with E-state index in [0.29, 0.717) is 31.2 Å². The summed E-state index contributed by atoms with van der Waals surface area (Å²) in [6.45, 7) is 3.75. The zero-order valence-electron chi connectivity index (χ0n) is 15.9. The summed E-state index contributed by atoms with van der Waals surface area (Å²) >= 11 is 0. The Morgan fingerprint density at radius 1 is 1.00 bits per heavy atom. The quantitative estimate of drug-likeness (QED) is 0.323. The highest BCUT2D eigenvalue weighted by Gasteiger charge is 2.05. The summed E-state index contributed by atoms with van der Waals surface area (Å²) in [4.78, 5) is 16.0. The van der Waals surface area contributed by atoms with Gasteiger partial charge in [0.1, 0.15) is 5.75 Å². The summed E-state index contributed by atoms with van der Waals surface area (Å²) in [7, 11) is 3.39. The van der Waals surface area contributed by atoms with Crippen molar-refractivity contribution in [3.63, 3.8) is 0 Å². The lowest BCUT2D eigenvalue weighted by molar-refractivity contribution is 0.0956. The maximum atomic E-state index is 11.8. The number of guanidine groups is 1. The van der Waals surface area contributed by atoms with E-state index in [1.54, 1.807) is 14.2 Å². The molecule has 0 saturated heterocycles. The van der Waals surface area contributed by atoms with Crippen molar-refractivity contribution >= 4 is 35.8 Å². The van der Waals surface area contributed by atoms with Crippen molar-refractivity contribution in [2.75, 3.05) is 20.7 Å². The lowest BCUT2D eigenvalue weighted by Crippen LogP contribution is -2.36. The number of carbonyl (C=O) groups excluding carboxylic acids is 1. The molecule has 146 valence electrons. The fraction of sp³-hybridized carbons (Fsp3) is 0.300. The molecule has 0 radical (unpaired) electrons. The van der Waals surface area contributed by atoms with Crippen molar-refractivity contribution in [1.29, 1.82) is 0 Å². The van der Waals surface area contributed by atoms with Crippen LogP contribution < -0.4 is 20.7 Å². The van der Waals surface area contributed by atoms with Crippen molar-refractivity contribution in [3.8, 4) is 5.75 Å². The van der Waals surface area contributed by atoms with Gasteiger partial charge in [-0.25, -0.2) is 0 Å². The molecule has 0 aliphatic rings. The molecule has 3 N–H and O–H groups in total. The number of hydrogen-bond donors (Lipinski definition) is 3. The Balaban J connectivity index is 0.00000364. The molecule has 2 rings (SSSR count). The number of para-hydroxylation sites is 1. The number of methoxy groups -OCH3 is 1. The molecular formula is C20H27IN4O2. The number of carbonyl (C=O) groups is 1. The van der Waals surface area contributed by atoms with Crippen LogP contribution in [0.1, 0.15) is 28.4 Å². The van der Waals surface area contributed by atoms with E-state index in [9.17, 15) is 4.79 Å². The van der Waals surface area contributed by atoms with Crippen LogP contribution in [0.25, 0.3) is 0 Å². The lowest BCUT2D eigenvalue weighted by atomic mass is 10.1. The Labute approximate surface area is 177 Å². The average molecular weight is 482 g/mol. The van der Waals surface area contributed by atoms with Gasteiger partial charge >= 0.3 is 0 Å². The highest BCUT2D eigenvalue weighted by molar-refractivity contribution is 14.0. The van der Waals surface area contributed by atoms with Gasteiger partial charge in [-0.2, -0.15) is 0 Å². The topological polar surface area (TPSA) is 74.8 Å². The smallest absolute Gasteiger partial charge is 0.251 e. The fourth-order valence-electron chi connectivity index (χ4n) is 2.47. The van der Waals surface area contributed by atoms with Gasteiger partial charge in [-0.05, 0) is 30.7 Å². The number of halogens is 1. The van der Waals surface area contributed by atoms with Gasteiger partial charge in [0.2, 0.25) is 0 Å². The summed E-state index contributed by atoms with van der Waals surface area (Å²) in [5.74, 6) is 1.49. The Hall–Kier alpha value is -2.29. The Kier molecular flexibility index (Phi) is 10.2. The normalized spacial score (nSPS) is 10.6. The minimum absolute atomic E-state index is 0. The molecule has 0 aliphatic heterocycles. The van der Waals surface area contributed by atoms with Gasteiger partial charge in [-0.3, -0.25) is 9.79 Å². The van der Waals surface area contributed by atoms with E-state index in [-0.39, 0.29) is 29.9 Å². The molecule has 2 aromatic carbocycles. The Bertz CT molecular complexity index is 748. The standard InChI is InChI=1S/C20H26N4O2.HI/c1-4-22-19(25)16-11-9-15(10-12-16)13-23-20(21-2)24-14-17-7-5-6-8-18(17)26-3;/h5-12H,4,13-14H2,1-3H3,(H,22,25)(H2,21,23,24);1H. The first-order valence-corrected chi connectivity index (χ1v) is 8.61. The molecule has 0 saturated carbocycles. The molecule has 0 aromatic heterocycles. The van der Waals surface area contributed by atoms with Gasteiger partial charge in [0.15, 0.2) is 5.96 Å². The molecular weight excluding hydrogens is 455 g/mol. The summed E-state index contributed by atoms with van der Waals surface area (Å²) in [5, 5.41) is 9.32. The third-order valence-corrected chi connectivity index (χ3v) is 3.88. The van der Waals surface area contributed by atoms with Gasteiger partial charge < -0.3 is 20.7 Å². The largest absolute Gasteiger partial charge is 0.496 e. The van der Waals surface area contributed by atoms with Crippen molar-refractivity contribution in [3.05, 3.63) is 65.2 Å². The molecule has 1 amide bonds. The van der Waals surface area contributed by atoms with Crippen LogP contribution in [0.3, 0.4) is 0 Å². The maximum absolute atomic E-state index is 11.8. The number of amides is 1. The van der Waals surface area contributed by atoms with E-state index in [1.165, 1.54) is 0 Å². The first-order valence-electron chi connectivity index (χ1n) is 8.61. The Morgan fingerprint density at radius 3 is 2.30 bits per heavy atom. The highest BCUT2D eigenvalue weighted by atomic mass is 127. The maximum Gasteiger partial charge on any atom is 0.251 e. The SMILES string of the molecule is CCNC(=O)c1ccc(CNC(=NC)NCc2ccccc2OC)cc1.I. The number of nitrogens with one attached hydrogen (secondary N) is 3. The second-order valence-electron chi connectivity index (χ2n) is 5.65. The van der Waals surface area contributed by atoms with Crippen LogP contribution in [0.4, 0.5) is 0 Å². The first kappa shape index (κ1) is 22.8. The van der Waals surface area contributed by atoms with Crippen LogP contribution >= 0.6 is 24.0 Å². The summed E-state index contributed by atoms with van der Waals surface area (Å²) in [6, 6.07) is 15.4. The third-order valence-electron chi connectivity index (χ3n) is 3.88. The molecule has 0 fully saturated rings. The molecule has 0 heterocycles. The second-order valence-corrected chi connectivity index (χ2v) is 5.65. The molecule has 2 aromatic rings. The molecule has 0 bridgehead atoms. The third kappa shape index (κ3) is 7.09. The zero-order chi connectivity index (χ0) is 18.8. The lowest BCUT2D eigenvalue weighted by Gasteiger charge is -2.14. The molecule has 6 nitrogen and oxygen atoms in total. The monoisotopic (exact) mass is 482 g/mol. The summed E-state index contributed by atoms with van der Waals surface area (Å²) in [6.07, 6.45) is 0. The van der Waals surface area contributed by atoms with Crippen molar-refractivity contribution < 1.29 is 9.53 Å². The van der Waals surface area contributed by atoms with Crippen LogP contribution in [0.15, 0.2) is 53.5 Å². The number of aliphatic imine (C=N–C) groups is 1. The molecule has 7 heteroatoms. The number of benzene rings is 2.